The fourth-order valence-corrected chi connectivity index (χ4v) is 3.98. The number of hydrogen-bond acceptors (Lipinski definition) is 6. The van der Waals surface area contributed by atoms with Crippen molar-refractivity contribution in [3.63, 3.8) is 0 Å². The molecule has 0 spiro atoms. The molecule has 12 heteroatoms. The Kier molecular flexibility index (Phi) is 8.08. The van der Waals surface area contributed by atoms with E-state index in [0.29, 0.717) is 23.4 Å². The average Bonchev–Trinajstić information content (AvgIpc) is 3.33. The molecule has 0 saturated carbocycles. The minimum atomic E-state index is -1.07. The predicted octanol–water partition coefficient (Wildman–Crippen LogP) is 5.33. The van der Waals surface area contributed by atoms with Crippen LogP contribution in [-0.4, -0.2) is 37.8 Å². The van der Waals surface area contributed by atoms with Gasteiger partial charge in [0.1, 0.15) is 28.8 Å². The van der Waals surface area contributed by atoms with Crippen molar-refractivity contribution in [2.75, 3.05) is 10.6 Å². The number of aromatic nitrogens is 3. The SMILES string of the molecule is CCc1c(C(=O)O)cccc1-n1nc(C(C)C)cc1NC(=O)Nc1ccc(Oc2ccnc(C(N)=O)c2)cc1F. The molecule has 2 heterocycles. The van der Waals surface area contributed by atoms with E-state index in [1.807, 2.05) is 20.8 Å². The highest BCUT2D eigenvalue weighted by Gasteiger charge is 2.20. The van der Waals surface area contributed by atoms with Gasteiger partial charge in [0.15, 0.2) is 0 Å². The van der Waals surface area contributed by atoms with E-state index >= 15 is 0 Å². The lowest BCUT2D eigenvalue weighted by atomic mass is 10.0. The number of halogens is 1. The molecule has 206 valence electrons. The van der Waals surface area contributed by atoms with Gasteiger partial charge in [0.25, 0.3) is 5.91 Å². The molecular weight excluding hydrogens is 519 g/mol. The second-order valence-electron chi connectivity index (χ2n) is 9.05. The summed E-state index contributed by atoms with van der Waals surface area (Å²) in [6.45, 7) is 5.70. The van der Waals surface area contributed by atoms with Gasteiger partial charge in [-0.15, -0.1) is 0 Å². The van der Waals surface area contributed by atoms with Gasteiger partial charge < -0.3 is 20.9 Å². The van der Waals surface area contributed by atoms with E-state index in [1.165, 1.54) is 41.2 Å². The summed E-state index contributed by atoms with van der Waals surface area (Å²) in [6, 6.07) is 12.4. The Morgan fingerprint density at radius 2 is 1.82 bits per heavy atom. The molecule has 2 aromatic carbocycles. The molecule has 4 rings (SSSR count). The zero-order chi connectivity index (χ0) is 29.0. The van der Waals surface area contributed by atoms with Gasteiger partial charge in [0, 0.05) is 24.4 Å². The summed E-state index contributed by atoms with van der Waals surface area (Å²) in [6.07, 6.45) is 1.76. The van der Waals surface area contributed by atoms with Crippen LogP contribution in [0.1, 0.15) is 58.8 Å². The lowest BCUT2D eigenvalue weighted by molar-refractivity contribution is 0.0695. The molecule has 0 aliphatic rings. The lowest BCUT2D eigenvalue weighted by Crippen LogP contribution is -2.22. The first-order chi connectivity index (χ1) is 19.1. The van der Waals surface area contributed by atoms with Crippen molar-refractivity contribution in [3.05, 3.63) is 89.1 Å². The first-order valence-electron chi connectivity index (χ1n) is 12.3. The first kappa shape index (κ1) is 27.8. The number of rotatable bonds is 9. The van der Waals surface area contributed by atoms with E-state index in [9.17, 15) is 23.9 Å². The van der Waals surface area contributed by atoms with Crippen LogP contribution >= 0.6 is 0 Å². The second kappa shape index (κ2) is 11.6. The van der Waals surface area contributed by atoms with Gasteiger partial charge in [0.2, 0.25) is 0 Å². The van der Waals surface area contributed by atoms with Crippen molar-refractivity contribution < 1.29 is 28.6 Å². The Hall–Kier alpha value is -5.26. The van der Waals surface area contributed by atoms with Crippen molar-refractivity contribution in [2.45, 2.75) is 33.1 Å². The standard InChI is InChI=1S/C28H27FN6O5/c1-4-18-19(27(37)38)6-5-7-24(18)35-25(14-22(34-35)15(2)3)33-28(39)32-21-9-8-16(12-20(21)29)40-17-10-11-31-23(13-17)26(30)36/h5-15H,4H2,1-3H3,(H2,30,36)(H,37,38)(H2,32,33,39). The molecule has 3 amide bonds. The third kappa shape index (κ3) is 6.07. The second-order valence-corrected chi connectivity index (χ2v) is 9.05. The number of anilines is 2. The topological polar surface area (TPSA) is 161 Å². The van der Waals surface area contributed by atoms with Gasteiger partial charge >= 0.3 is 12.0 Å². The van der Waals surface area contributed by atoms with Crippen LogP contribution in [0.3, 0.4) is 0 Å². The Morgan fingerprint density at radius 3 is 2.48 bits per heavy atom. The van der Waals surface area contributed by atoms with Crippen molar-refractivity contribution in [1.29, 1.82) is 0 Å². The molecule has 0 fully saturated rings. The third-order valence-corrected chi connectivity index (χ3v) is 5.93. The number of carbonyl (C=O) groups excluding carboxylic acids is 2. The number of benzene rings is 2. The highest BCUT2D eigenvalue weighted by atomic mass is 19.1. The molecule has 4 aromatic rings. The number of aromatic carboxylic acids is 1. The Labute approximate surface area is 228 Å². The van der Waals surface area contributed by atoms with Gasteiger partial charge in [0.05, 0.1) is 22.6 Å². The number of pyridine rings is 1. The average molecular weight is 547 g/mol. The zero-order valence-electron chi connectivity index (χ0n) is 21.9. The van der Waals surface area contributed by atoms with Gasteiger partial charge in [-0.25, -0.2) is 18.7 Å². The Balaban J connectivity index is 1.56. The monoisotopic (exact) mass is 546 g/mol. The number of nitrogens with zero attached hydrogens (tertiary/aromatic N) is 3. The van der Waals surface area contributed by atoms with Crippen LogP contribution in [0, 0.1) is 5.82 Å². The zero-order valence-corrected chi connectivity index (χ0v) is 21.9. The number of nitrogens with one attached hydrogen (secondary N) is 2. The van der Waals surface area contributed by atoms with Gasteiger partial charge in [-0.05, 0) is 48.2 Å². The van der Waals surface area contributed by atoms with Crippen LogP contribution in [0.4, 0.5) is 20.7 Å². The summed E-state index contributed by atoms with van der Waals surface area (Å²) >= 11 is 0. The van der Waals surface area contributed by atoms with E-state index in [4.69, 9.17) is 10.5 Å². The van der Waals surface area contributed by atoms with E-state index in [0.717, 1.165) is 6.07 Å². The minimum Gasteiger partial charge on any atom is -0.478 e. The number of urea groups is 1. The molecule has 40 heavy (non-hydrogen) atoms. The maximum Gasteiger partial charge on any atom is 0.336 e. The summed E-state index contributed by atoms with van der Waals surface area (Å²) in [4.78, 5) is 39.8. The van der Waals surface area contributed by atoms with Crippen LogP contribution < -0.4 is 21.1 Å². The van der Waals surface area contributed by atoms with E-state index in [2.05, 4.69) is 20.7 Å². The summed E-state index contributed by atoms with van der Waals surface area (Å²) < 4.78 is 21.9. The summed E-state index contributed by atoms with van der Waals surface area (Å²) in [5.41, 5.74) is 6.96. The quantitative estimate of drug-likeness (QED) is 0.221. The summed E-state index contributed by atoms with van der Waals surface area (Å²) in [5, 5.41) is 19.4. The fraction of sp³-hybridized carbons (Fsp3) is 0.179. The Morgan fingerprint density at radius 1 is 1.07 bits per heavy atom. The van der Waals surface area contributed by atoms with Crippen LogP contribution in [0.25, 0.3) is 5.69 Å². The fourth-order valence-electron chi connectivity index (χ4n) is 3.98. The van der Waals surface area contributed by atoms with E-state index in [-0.39, 0.29) is 40.2 Å². The molecule has 0 aliphatic heterocycles. The smallest absolute Gasteiger partial charge is 0.336 e. The molecule has 0 saturated heterocycles. The highest BCUT2D eigenvalue weighted by Crippen LogP contribution is 2.28. The van der Waals surface area contributed by atoms with Crippen LogP contribution in [0.15, 0.2) is 60.8 Å². The van der Waals surface area contributed by atoms with Crippen molar-refractivity contribution in [1.82, 2.24) is 14.8 Å². The third-order valence-electron chi connectivity index (χ3n) is 5.93. The summed E-state index contributed by atoms with van der Waals surface area (Å²) in [5.74, 6) is -1.92. The van der Waals surface area contributed by atoms with Crippen molar-refractivity contribution in [3.8, 4) is 17.2 Å². The molecule has 0 aliphatic carbocycles. The van der Waals surface area contributed by atoms with Crippen LogP contribution in [-0.2, 0) is 6.42 Å². The molecule has 0 radical (unpaired) electrons. The van der Waals surface area contributed by atoms with Gasteiger partial charge in [-0.1, -0.05) is 26.8 Å². The number of carbonyl (C=O) groups is 3. The number of carboxylic acid groups (broad SMARTS) is 1. The van der Waals surface area contributed by atoms with Gasteiger partial charge in [-0.3, -0.25) is 15.1 Å². The number of ether oxygens (including phenoxy) is 1. The number of carboxylic acids is 1. The van der Waals surface area contributed by atoms with E-state index in [1.54, 1.807) is 18.2 Å². The minimum absolute atomic E-state index is 0.00598. The molecule has 0 unspecified atom stereocenters. The maximum atomic E-state index is 14.9. The lowest BCUT2D eigenvalue weighted by Gasteiger charge is -2.15. The van der Waals surface area contributed by atoms with Crippen LogP contribution in [0.5, 0.6) is 11.5 Å². The molecule has 2 aromatic heterocycles. The molecular formula is C28H27FN6O5. The van der Waals surface area contributed by atoms with Crippen LogP contribution in [0.2, 0.25) is 0 Å². The molecule has 0 atom stereocenters. The largest absolute Gasteiger partial charge is 0.478 e. The van der Waals surface area contributed by atoms with Crippen molar-refractivity contribution >= 4 is 29.4 Å². The van der Waals surface area contributed by atoms with E-state index < -0.39 is 23.7 Å². The van der Waals surface area contributed by atoms with Gasteiger partial charge in [-0.2, -0.15) is 5.10 Å². The highest BCUT2D eigenvalue weighted by molar-refractivity contribution is 5.99. The number of nitrogens with two attached hydrogens (primary N) is 1. The molecule has 5 N–H and O–H groups in total. The molecule has 11 nitrogen and oxygen atoms in total. The number of hydrogen-bond donors (Lipinski definition) is 4. The normalized spacial score (nSPS) is 10.8. The maximum absolute atomic E-state index is 14.9. The number of amides is 3. The molecule has 0 bridgehead atoms. The predicted molar refractivity (Wildman–Crippen MR) is 146 cm³/mol. The summed E-state index contributed by atoms with van der Waals surface area (Å²) in [7, 11) is 0. The number of primary amides is 1. The van der Waals surface area contributed by atoms with Crippen molar-refractivity contribution in [2.24, 2.45) is 5.73 Å². The Bertz CT molecular complexity index is 1600. The first-order valence-corrected chi connectivity index (χ1v) is 12.3.